The highest BCUT2D eigenvalue weighted by Crippen LogP contribution is 2.37. The Balaban J connectivity index is 1.46. The van der Waals surface area contributed by atoms with Gasteiger partial charge in [0, 0.05) is 39.1 Å². The van der Waals surface area contributed by atoms with E-state index in [0.29, 0.717) is 33.3 Å². The van der Waals surface area contributed by atoms with Gasteiger partial charge in [-0.3, -0.25) is 19.3 Å². The highest BCUT2D eigenvalue weighted by atomic mass is 35.5. The fourth-order valence-electron chi connectivity index (χ4n) is 5.50. The third kappa shape index (κ3) is 4.92. The zero-order valence-corrected chi connectivity index (χ0v) is 22.2. The van der Waals surface area contributed by atoms with Crippen LogP contribution in [0.5, 0.6) is 0 Å². The van der Waals surface area contributed by atoms with Crippen molar-refractivity contribution >= 4 is 57.4 Å². The zero-order chi connectivity index (χ0) is 26.1. The number of nitrogens with zero attached hydrogens (tertiary/aromatic N) is 2. The minimum absolute atomic E-state index is 0.0626. The lowest BCUT2D eigenvalue weighted by molar-refractivity contribution is -0.140. The van der Waals surface area contributed by atoms with E-state index >= 15 is 0 Å². The monoisotopic (exact) mass is 537 g/mol. The van der Waals surface area contributed by atoms with Crippen molar-refractivity contribution in [3.8, 4) is 0 Å². The molecule has 1 fully saturated rings. The number of amides is 3. The molecule has 3 aromatic carbocycles. The molecule has 8 heteroatoms. The Kier molecular flexibility index (Phi) is 7.40. The molecule has 2 aliphatic rings. The topological polar surface area (TPSA) is 69.7 Å². The molecule has 0 spiro atoms. The maximum Gasteiger partial charge on any atom is 0.259 e. The summed E-state index contributed by atoms with van der Waals surface area (Å²) >= 11 is 12.9. The molecule has 5 rings (SSSR count). The fourth-order valence-corrected chi connectivity index (χ4v) is 6.02. The molecule has 1 saturated carbocycles. The van der Waals surface area contributed by atoms with E-state index in [9.17, 15) is 14.4 Å². The van der Waals surface area contributed by atoms with E-state index in [0.717, 1.165) is 36.5 Å². The van der Waals surface area contributed by atoms with Crippen LogP contribution in [0.15, 0.2) is 54.6 Å². The lowest BCUT2D eigenvalue weighted by Crippen LogP contribution is -2.53. The van der Waals surface area contributed by atoms with E-state index in [2.05, 4.69) is 5.32 Å². The van der Waals surface area contributed by atoms with Crippen LogP contribution >= 0.6 is 23.2 Å². The lowest BCUT2D eigenvalue weighted by Gasteiger charge is -2.33. The fraction of sp³-hybridized carbons (Fsp3) is 0.345. The number of rotatable bonds is 8. The smallest absolute Gasteiger partial charge is 0.259 e. The molecule has 0 radical (unpaired) electrons. The van der Waals surface area contributed by atoms with E-state index in [1.165, 1.54) is 9.80 Å². The van der Waals surface area contributed by atoms with Crippen LogP contribution in [0.3, 0.4) is 0 Å². The van der Waals surface area contributed by atoms with Gasteiger partial charge in [-0.2, -0.15) is 0 Å². The van der Waals surface area contributed by atoms with Gasteiger partial charge < -0.3 is 10.2 Å². The molecule has 3 aromatic rings. The number of carbonyl (C=O) groups excluding carboxylic acids is 3. The molecular weight excluding hydrogens is 509 g/mol. The van der Waals surface area contributed by atoms with Gasteiger partial charge in [0.05, 0.1) is 5.69 Å². The second-order valence-corrected chi connectivity index (χ2v) is 10.5. The molecule has 192 valence electrons. The number of hydrogen-bond acceptors (Lipinski definition) is 3. The molecule has 1 unspecified atom stereocenters. The first-order chi connectivity index (χ1) is 17.9. The Bertz CT molecular complexity index is 1340. The van der Waals surface area contributed by atoms with Crippen LogP contribution in [-0.4, -0.2) is 41.2 Å². The summed E-state index contributed by atoms with van der Waals surface area (Å²) < 4.78 is 0. The number of anilines is 1. The quantitative estimate of drug-likeness (QED) is 0.384. The molecular formula is C29H29Cl2N3O3. The maximum atomic E-state index is 13.9. The standard InChI is InChI=1S/C29H29Cl2N3O3/c1-2-24(28(36)32-19-10-3-4-11-19)33(16-21-22(30)13-7-14-23(21)31)26(35)17-34-25-15-6-9-18-8-5-12-20(27(18)25)29(34)37/h5-9,12-15,19,24H,2-4,10-11,16-17H2,1H3,(H,32,36). The van der Waals surface area contributed by atoms with Crippen LogP contribution in [0.4, 0.5) is 5.69 Å². The van der Waals surface area contributed by atoms with Crippen molar-refractivity contribution in [2.24, 2.45) is 0 Å². The molecule has 0 bridgehead atoms. The summed E-state index contributed by atoms with van der Waals surface area (Å²) in [6.45, 7) is 1.75. The van der Waals surface area contributed by atoms with Gasteiger partial charge in [-0.15, -0.1) is 0 Å². The van der Waals surface area contributed by atoms with Crippen molar-refractivity contribution < 1.29 is 14.4 Å². The third-order valence-corrected chi connectivity index (χ3v) is 8.13. The van der Waals surface area contributed by atoms with E-state index in [1.54, 1.807) is 24.3 Å². The summed E-state index contributed by atoms with van der Waals surface area (Å²) in [5.74, 6) is -0.758. The van der Waals surface area contributed by atoms with Gasteiger partial charge in [-0.05, 0) is 48.9 Å². The number of halogens is 2. The van der Waals surface area contributed by atoms with Gasteiger partial charge in [0.2, 0.25) is 11.8 Å². The third-order valence-electron chi connectivity index (χ3n) is 7.42. The number of hydrogen-bond donors (Lipinski definition) is 1. The second kappa shape index (κ2) is 10.7. The van der Waals surface area contributed by atoms with Gasteiger partial charge >= 0.3 is 0 Å². The Hall–Kier alpha value is -3.09. The van der Waals surface area contributed by atoms with Crippen LogP contribution in [0, 0.1) is 0 Å². The molecule has 1 heterocycles. The summed E-state index contributed by atoms with van der Waals surface area (Å²) in [5, 5.41) is 5.76. The molecule has 1 aliphatic carbocycles. The normalized spacial score (nSPS) is 15.9. The number of nitrogens with one attached hydrogen (secondary N) is 1. The van der Waals surface area contributed by atoms with E-state index < -0.39 is 6.04 Å². The first kappa shape index (κ1) is 25.6. The van der Waals surface area contributed by atoms with Crippen LogP contribution in [0.25, 0.3) is 10.8 Å². The van der Waals surface area contributed by atoms with Crippen LogP contribution in [-0.2, 0) is 16.1 Å². The summed E-state index contributed by atoms with van der Waals surface area (Å²) in [7, 11) is 0. The average Bonchev–Trinajstić information content (AvgIpc) is 3.49. The van der Waals surface area contributed by atoms with Crippen molar-refractivity contribution in [3.05, 3.63) is 75.8 Å². The molecule has 6 nitrogen and oxygen atoms in total. The van der Waals surface area contributed by atoms with Gasteiger partial charge in [-0.1, -0.05) is 73.3 Å². The first-order valence-corrected chi connectivity index (χ1v) is 13.5. The number of benzene rings is 3. The highest BCUT2D eigenvalue weighted by Gasteiger charge is 2.36. The molecule has 1 aliphatic heterocycles. The average molecular weight is 538 g/mol. The minimum Gasteiger partial charge on any atom is -0.352 e. The summed E-state index contributed by atoms with van der Waals surface area (Å²) in [4.78, 5) is 43.7. The Morgan fingerprint density at radius 3 is 2.35 bits per heavy atom. The second-order valence-electron chi connectivity index (χ2n) is 9.71. The number of carbonyl (C=O) groups is 3. The van der Waals surface area contributed by atoms with Crippen LogP contribution in [0.1, 0.15) is 54.9 Å². The van der Waals surface area contributed by atoms with Crippen LogP contribution < -0.4 is 10.2 Å². The Labute approximate surface area is 226 Å². The van der Waals surface area contributed by atoms with Gasteiger partial charge in [0.15, 0.2) is 0 Å². The van der Waals surface area contributed by atoms with Crippen molar-refractivity contribution in [1.82, 2.24) is 10.2 Å². The minimum atomic E-state index is -0.726. The largest absolute Gasteiger partial charge is 0.352 e. The highest BCUT2D eigenvalue weighted by molar-refractivity contribution is 6.36. The molecule has 0 aromatic heterocycles. The zero-order valence-electron chi connectivity index (χ0n) is 20.7. The predicted molar refractivity (Wildman–Crippen MR) is 147 cm³/mol. The van der Waals surface area contributed by atoms with E-state index in [1.807, 2.05) is 37.3 Å². The van der Waals surface area contributed by atoms with E-state index in [4.69, 9.17) is 23.2 Å². The van der Waals surface area contributed by atoms with E-state index in [-0.39, 0.29) is 36.9 Å². The molecule has 1 N–H and O–H groups in total. The Morgan fingerprint density at radius 2 is 1.68 bits per heavy atom. The molecule has 0 saturated heterocycles. The summed E-state index contributed by atoms with van der Waals surface area (Å²) in [6.07, 6.45) is 4.47. The van der Waals surface area contributed by atoms with Crippen molar-refractivity contribution in [1.29, 1.82) is 0 Å². The predicted octanol–water partition coefficient (Wildman–Crippen LogP) is 5.97. The van der Waals surface area contributed by atoms with Crippen molar-refractivity contribution in [3.63, 3.8) is 0 Å². The lowest BCUT2D eigenvalue weighted by atomic mass is 10.1. The summed E-state index contributed by atoms with van der Waals surface area (Å²) in [6, 6.07) is 15.8. The van der Waals surface area contributed by atoms with Gasteiger partial charge in [0.1, 0.15) is 12.6 Å². The SMILES string of the molecule is CCC(C(=O)NC1CCCC1)N(Cc1c(Cl)cccc1Cl)C(=O)CN1C(=O)c2cccc3cccc1c23. The molecule has 3 amide bonds. The summed E-state index contributed by atoms with van der Waals surface area (Å²) in [5.41, 5.74) is 1.85. The van der Waals surface area contributed by atoms with Gasteiger partial charge in [-0.25, -0.2) is 0 Å². The van der Waals surface area contributed by atoms with Crippen molar-refractivity contribution in [2.45, 2.75) is 57.7 Å². The first-order valence-electron chi connectivity index (χ1n) is 12.8. The Morgan fingerprint density at radius 1 is 1.03 bits per heavy atom. The molecule has 37 heavy (non-hydrogen) atoms. The maximum absolute atomic E-state index is 13.9. The molecule has 1 atom stereocenters. The van der Waals surface area contributed by atoms with Gasteiger partial charge in [0.25, 0.3) is 5.91 Å². The van der Waals surface area contributed by atoms with Crippen LogP contribution in [0.2, 0.25) is 10.0 Å². The van der Waals surface area contributed by atoms with Crippen molar-refractivity contribution in [2.75, 3.05) is 11.4 Å².